The van der Waals surface area contributed by atoms with Crippen LogP contribution < -0.4 is 0 Å². The maximum Gasteiger partial charge on any atom is 0.340 e. The van der Waals surface area contributed by atoms with Gasteiger partial charge in [0.25, 0.3) is 0 Å². The Balaban J connectivity index is 2.95. The zero-order valence-corrected chi connectivity index (χ0v) is 10.1. The van der Waals surface area contributed by atoms with Gasteiger partial charge in [-0.1, -0.05) is 6.92 Å². The van der Waals surface area contributed by atoms with Gasteiger partial charge in [0.15, 0.2) is 0 Å². The minimum absolute atomic E-state index is 0.238. The number of carbonyl (C=O) groups excluding carboxylic acids is 1. The van der Waals surface area contributed by atoms with Gasteiger partial charge in [0.2, 0.25) is 0 Å². The first-order chi connectivity index (χ1) is 6.85. The molecule has 1 aromatic heterocycles. The molecule has 0 saturated carbocycles. The Bertz CT molecular complexity index is 358. The molecule has 1 heterocycles. The molecule has 15 heavy (non-hydrogen) atoms. The Morgan fingerprint density at radius 1 is 1.47 bits per heavy atom. The number of aryl methyl sites for hydroxylation is 2. The van der Waals surface area contributed by atoms with Crippen LogP contribution in [0.4, 0.5) is 0 Å². The topological polar surface area (TPSA) is 42.1 Å². The quantitative estimate of drug-likeness (QED) is 0.761. The fourth-order valence-corrected chi connectivity index (χ4v) is 1.47. The molecule has 0 atom stereocenters. The van der Waals surface area contributed by atoms with E-state index < -0.39 is 5.60 Å². The van der Waals surface area contributed by atoms with Crippen molar-refractivity contribution in [1.29, 1.82) is 0 Å². The summed E-state index contributed by atoms with van der Waals surface area (Å²) in [5.74, 6) is -0.238. The lowest BCUT2D eigenvalue weighted by atomic mass is 10.1. The van der Waals surface area contributed by atoms with E-state index in [1.807, 2.05) is 40.8 Å². The standard InChI is InChI=1S/C12H19NO2/c1-6-9-7-13-8(2)10(9)11(14)15-12(3,4)5/h7,13H,6H2,1-5H3. The van der Waals surface area contributed by atoms with Gasteiger partial charge >= 0.3 is 5.97 Å². The number of aromatic nitrogens is 1. The van der Waals surface area contributed by atoms with Crippen molar-refractivity contribution in [2.45, 2.75) is 46.6 Å². The van der Waals surface area contributed by atoms with Crippen molar-refractivity contribution in [3.05, 3.63) is 23.0 Å². The fourth-order valence-electron chi connectivity index (χ4n) is 1.47. The number of hydrogen-bond donors (Lipinski definition) is 1. The van der Waals surface area contributed by atoms with Gasteiger partial charge < -0.3 is 9.72 Å². The monoisotopic (exact) mass is 209 g/mol. The van der Waals surface area contributed by atoms with Gasteiger partial charge in [0.05, 0.1) is 5.56 Å². The van der Waals surface area contributed by atoms with E-state index in [4.69, 9.17) is 4.74 Å². The molecule has 0 aliphatic carbocycles. The minimum atomic E-state index is -0.439. The van der Waals surface area contributed by atoms with Crippen LogP contribution in [0.1, 0.15) is 49.3 Å². The Kier molecular flexibility index (Phi) is 3.22. The summed E-state index contributed by atoms with van der Waals surface area (Å²) in [6, 6.07) is 0. The predicted octanol–water partition coefficient (Wildman–Crippen LogP) is 2.84. The van der Waals surface area contributed by atoms with Crippen molar-refractivity contribution >= 4 is 5.97 Å². The lowest BCUT2D eigenvalue weighted by Crippen LogP contribution is -2.24. The zero-order valence-electron chi connectivity index (χ0n) is 10.1. The van der Waals surface area contributed by atoms with Gasteiger partial charge in [-0.25, -0.2) is 4.79 Å². The molecule has 1 N–H and O–H groups in total. The van der Waals surface area contributed by atoms with Crippen molar-refractivity contribution in [2.75, 3.05) is 0 Å². The highest BCUT2D eigenvalue weighted by atomic mass is 16.6. The second-order valence-electron chi connectivity index (χ2n) is 4.67. The molecule has 1 rings (SSSR count). The molecule has 0 fully saturated rings. The smallest absolute Gasteiger partial charge is 0.340 e. The lowest BCUT2D eigenvalue weighted by molar-refractivity contribution is 0.00679. The van der Waals surface area contributed by atoms with E-state index >= 15 is 0 Å². The third-order valence-corrected chi connectivity index (χ3v) is 2.14. The largest absolute Gasteiger partial charge is 0.456 e. The lowest BCUT2D eigenvalue weighted by Gasteiger charge is -2.19. The van der Waals surface area contributed by atoms with Crippen molar-refractivity contribution < 1.29 is 9.53 Å². The molecular formula is C12H19NO2. The molecule has 0 amide bonds. The summed E-state index contributed by atoms with van der Waals surface area (Å²) in [5, 5.41) is 0. The van der Waals surface area contributed by atoms with E-state index in [-0.39, 0.29) is 5.97 Å². The molecule has 0 aromatic carbocycles. The average molecular weight is 209 g/mol. The van der Waals surface area contributed by atoms with Gasteiger partial charge in [-0.15, -0.1) is 0 Å². The molecule has 84 valence electrons. The van der Waals surface area contributed by atoms with E-state index in [0.717, 1.165) is 17.7 Å². The molecular weight excluding hydrogens is 190 g/mol. The van der Waals surface area contributed by atoms with E-state index in [1.54, 1.807) is 0 Å². The summed E-state index contributed by atoms with van der Waals surface area (Å²) in [4.78, 5) is 14.9. The first kappa shape index (κ1) is 11.8. The molecule has 0 radical (unpaired) electrons. The highest BCUT2D eigenvalue weighted by Crippen LogP contribution is 2.18. The molecule has 0 saturated heterocycles. The van der Waals surface area contributed by atoms with Crippen molar-refractivity contribution in [1.82, 2.24) is 4.98 Å². The number of carbonyl (C=O) groups is 1. The normalized spacial score (nSPS) is 11.5. The number of hydrogen-bond acceptors (Lipinski definition) is 2. The molecule has 0 bridgehead atoms. The van der Waals surface area contributed by atoms with Crippen LogP contribution in [0.5, 0.6) is 0 Å². The van der Waals surface area contributed by atoms with Crippen molar-refractivity contribution in [3.8, 4) is 0 Å². The van der Waals surface area contributed by atoms with Crippen LogP contribution in [0.2, 0.25) is 0 Å². The number of esters is 1. The summed E-state index contributed by atoms with van der Waals surface area (Å²) < 4.78 is 5.35. The van der Waals surface area contributed by atoms with E-state index in [2.05, 4.69) is 4.98 Å². The van der Waals surface area contributed by atoms with Crippen LogP contribution >= 0.6 is 0 Å². The van der Waals surface area contributed by atoms with E-state index in [1.165, 1.54) is 0 Å². The summed E-state index contributed by atoms with van der Waals surface area (Å²) in [7, 11) is 0. The van der Waals surface area contributed by atoms with Crippen LogP contribution in [0, 0.1) is 6.92 Å². The predicted molar refractivity (Wildman–Crippen MR) is 60.1 cm³/mol. The number of rotatable bonds is 2. The van der Waals surface area contributed by atoms with Crippen LogP contribution in [-0.4, -0.2) is 16.6 Å². The van der Waals surface area contributed by atoms with Crippen LogP contribution in [0.3, 0.4) is 0 Å². The fraction of sp³-hybridized carbons (Fsp3) is 0.583. The summed E-state index contributed by atoms with van der Waals surface area (Å²) >= 11 is 0. The van der Waals surface area contributed by atoms with Gasteiger partial charge in [0.1, 0.15) is 5.60 Å². The van der Waals surface area contributed by atoms with Crippen LogP contribution in [-0.2, 0) is 11.2 Å². The first-order valence-electron chi connectivity index (χ1n) is 5.25. The second-order valence-corrected chi connectivity index (χ2v) is 4.67. The average Bonchev–Trinajstić information content (AvgIpc) is 2.43. The molecule has 0 aliphatic heterocycles. The van der Waals surface area contributed by atoms with Gasteiger partial charge in [-0.2, -0.15) is 0 Å². The van der Waals surface area contributed by atoms with Crippen LogP contribution in [0.25, 0.3) is 0 Å². The Labute approximate surface area is 90.8 Å². The van der Waals surface area contributed by atoms with Gasteiger partial charge in [-0.3, -0.25) is 0 Å². The minimum Gasteiger partial charge on any atom is -0.456 e. The number of nitrogens with one attached hydrogen (secondary N) is 1. The number of ether oxygens (including phenoxy) is 1. The number of aromatic amines is 1. The summed E-state index contributed by atoms with van der Waals surface area (Å²) in [6.45, 7) is 9.53. The third kappa shape index (κ3) is 2.85. The molecule has 0 unspecified atom stereocenters. The Morgan fingerprint density at radius 2 is 2.07 bits per heavy atom. The maximum atomic E-state index is 11.9. The Morgan fingerprint density at radius 3 is 2.53 bits per heavy atom. The van der Waals surface area contributed by atoms with Gasteiger partial charge in [0, 0.05) is 11.9 Å². The van der Waals surface area contributed by atoms with E-state index in [0.29, 0.717) is 5.56 Å². The van der Waals surface area contributed by atoms with Gasteiger partial charge in [-0.05, 0) is 39.7 Å². The van der Waals surface area contributed by atoms with Crippen molar-refractivity contribution in [3.63, 3.8) is 0 Å². The first-order valence-corrected chi connectivity index (χ1v) is 5.25. The Hall–Kier alpha value is -1.25. The highest BCUT2D eigenvalue weighted by Gasteiger charge is 2.22. The molecule has 0 spiro atoms. The molecule has 3 nitrogen and oxygen atoms in total. The van der Waals surface area contributed by atoms with Crippen molar-refractivity contribution in [2.24, 2.45) is 0 Å². The second kappa shape index (κ2) is 4.09. The summed E-state index contributed by atoms with van der Waals surface area (Å²) in [6.07, 6.45) is 2.70. The zero-order chi connectivity index (χ0) is 11.6. The molecule has 3 heteroatoms. The highest BCUT2D eigenvalue weighted by molar-refractivity contribution is 5.92. The number of H-pyrrole nitrogens is 1. The molecule has 0 aliphatic rings. The molecule has 1 aromatic rings. The summed E-state index contributed by atoms with van der Waals surface area (Å²) in [5.41, 5.74) is 2.14. The SMILES string of the molecule is CCc1c[nH]c(C)c1C(=O)OC(C)(C)C. The third-order valence-electron chi connectivity index (χ3n) is 2.14. The maximum absolute atomic E-state index is 11.9. The van der Waals surface area contributed by atoms with E-state index in [9.17, 15) is 4.79 Å². The van der Waals surface area contributed by atoms with Crippen LogP contribution in [0.15, 0.2) is 6.20 Å².